The van der Waals surface area contributed by atoms with E-state index in [9.17, 15) is 0 Å². The molecule has 0 aromatic carbocycles. The highest BCUT2D eigenvalue weighted by atomic mass is 14.7. The molecule has 0 radical (unpaired) electrons. The van der Waals surface area contributed by atoms with Crippen molar-refractivity contribution < 1.29 is 0 Å². The molecule has 0 aliphatic heterocycles. The van der Waals surface area contributed by atoms with Gasteiger partial charge < -0.3 is 5.41 Å². The fourth-order valence-corrected chi connectivity index (χ4v) is 0.425. The summed E-state index contributed by atoms with van der Waals surface area (Å²) in [4.78, 5) is 3.83. The largest absolute Gasteiger partial charge is 0.307 e. The van der Waals surface area contributed by atoms with Crippen molar-refractivity contribution in [3.05, 3.63) is 12.3 Å². The number of nitrogens with zero attached hydrogens (tertiary/aromatic N) is 1. The van der Waals surface area contributed by atoms with Gasteiger partial charge in [0.05, 0.1) is 0 Å². The Labute approximate surface area is 62.2 Å². The van der Waals surface area contributed by atoms with Gasteiger partial charge in [0.2, 0.25) is 0 Å². The molecule has 0 aliphatic rings. The van der Waals surface area contributed by atoms with Crippen LogP contribution in [0.25, 0.3) is 0 Å². The normalized spacial score (nSPS) is 14.6. The maximum Gasteiger partial charge on any atom is 0.0443 e. The standard InChI is InChI=1S/C8H14N2/c1-3-8(2)4-6-10-7-5-9/h4-9H,3H2,1-2H3. The monoisotopic (exact) mass is 138 g/mol. The van der Waals surface area contributed by atoms with Crippen LogP contribution in [-0.4, -0.2) is 12.4 Å². The molecule has 1 unspecified atom stereocenters. The summed E-state index contributed by atoms with van der Waals surface area (Å²) in [5.74, 6) is 0.586. The van der Waals surface area contributed by atoms with Crippen LogP contribution < -0.4 is 0 Å². The maximum atomic E-state index is 6.63. The Bertz CT molecular complexity index is 136. The van der Waals surface area contributed by atoms with Gasteiger partial charge in [0.25, 0.3) is 0 Å². The van der Waals surface area contributed by atoms with Crippen LogP contribution in [0.3, 0.4) is 0 Å². The highest BCUT2D eigenvalue weighted by Gasteiger charge is 1.87. The summed E-state index contributed by atoms with van der Waals surface area (Å²) < 4.78 is 0. The molecule has 2 heteroatoms. The first-order valence-corrected chi connectivity index (χ1v) is 3.50. The topological polar surface area (TPSA) is 36.2 Å². The zero-order chi connectivity index (χ0) is 7.82. The molecule has 1 atom stereocenters. The van der Waals surface area contributed by atoms with Crippen LogP contribution in [0, 0.1) is 11.3 Å². The molecule has 0 rings (SSSR count). The molecule has 0 aliphatic carbocycles. The molecule has 0 fully saturated rings. The van der Waals surface area contributed by atoms with E-state index in [0.717, 1.165) is 6.42 Å². The highest BCUT2D eigenvalue weighted by Crippen LogP contribution is 2.00. The van der Waals surface area contributed by atoms with Crippen LogP contribution >= 0.6 is 0 Å². The lowest BCUT2D eigenvalue weighted by Crippen LogP contribution is -1.82. The Kier molecular flexibility index (Phi) is 5.63. The SMILES string of the molecule is CCC(C)C=CN=CC=N. The molecule has 56 valence electrons. The molecular formula is C8H14N2. The van der Waals surface area contributed by atoms with Crippen LogP contribution in [0.5, 0.6) is 0 Å². The average Bonchev–Trinajstić information content (AvgIpc) is 1.98. The number of allylic oxidation sites excluding steroid dienone is 1. The van der Waals surface area contributed by atoms with Crippen molar-refractivity contribution in [1.82, 2.24) is 0 Å². The summed E-state index contributed by atoms with van der Waals surface area (Å²) in [6, 6.07) is 0. The summed E-state index contributed by atoms with van der Waals surface area (Å²) in [6.07, 6.45) is 7.52. The molecule has 0 spiro atoms. The minimum Gasteiger partial charge on any atom is -0.307 e. The molecule has 0 amide bonds. The van der Waals surface area contributed by atoms with Crippen molar-refractivity contribution in [1.29, 1.82) is 5.41 Å². The van der Waals surface area contributed by atoms with Gasteiger partial charge in [-0.25, -0.2) is 0 Å². The van der Waals surface area contributed by atoms with Crippen molar-refractivity contribution in [3.63, 3.8) is 0 Å². The van der Waals surface area contributed by atoms with E-state index in [0.29, 0.717) is 5.92 Å². The van der Waals surface area contributed by atoms with Crippen molar-refractivity contribution in [2.45, 2.75) is 20.3 Å². The first-order chi connectivity index (χ1) is 4.81. The van der Waals surface area contributed by atoms with Crippen LogP contribution in [0.4, 0.5) is 0 Å². The van der Waals surface area contributed by atoms with E-state index in [4.69, 9.17) is 5.41 Å². The van der Waals surface area contributed by atoms with Crippen molar-refractivity contribution in [2.75, 3.05) is 0 Å². The number of aliphatic imine (C=N–C) groups is 1. The van der Waals surface area contributed by atoms with Gasteiger partial charge in [0.15, 0.2) is 0 Å². The molecule has 10 heavy (non-hydrogen) atoms. The van der Waals surface area contributed by atoms with Crippen molar-refractivity contribution in [2.24, 2.45) is 10.9 Å². The van der Waals surface area contributed by atoms with E-state index in [1.165, 1.54) is 12.4 Å². The quantitative estimate of drug-likeness (QED) is 0.578. The van der Waals surface area contributed by atoms with Crippen molar-refractivity contribution in [3.8, 4) is 0 Å². The number of nitrogens with one attached hydrogen (secondary N) is 1. The van der Waals surface area contributed by atoms with Crippen LogP contribution in [0.1, 0.15) is 20.3 Å². The second-order valence-corrected chi connectivity index (χ2v) is 2.19. The minimum absolute atomic E-state index is 0.586. The minimum atomic E-state index is 0.586. The first-order valence-electron chi connectivity index (χ1n) is 3.50. The summed E-state index contributed by atoms with van der Waals surface area (Å²) in [5.41, 5.74) is 0. The third-order valence-corrected chi connectivity index (χ3v) is 1.31. The number of hydrogen-bond acceptors (Lipinski definition) is 2. The summed E-state index contributed by atoms with van der Waals surface area (Å²) in [7, 11) is 0. The highest BCUT2D eigenvalue weighted by molar-refractivity contribution is 6.14. The van der Waals surface area contributed by atoms with Gasteiger partial charge in [-0.15, -0.1) is 0 Å². The Morgan fingerprint density at radius 1 is 1.60 bits per heavy atom. The van der Waals surface area contributed by atoms with Crippen LogP contribution in [-0.2, 0) is 0 Å². The Balaban J connectivity index is 3.54. The van der Waals surface area contributed by atoms with Gasteiger partial charge in [0.1, 0.15) is 0 Å². The fraction of sp³-hybridized carbons (Fsp3) is 0.500. The van der Waals surface area contributed by atoms with E-state index in [1.54, 1.807) is 6.20 Å². The van der Waals surface area contributed by atoms with E-state index in [-0.39, 0.29) is 0 Å². The van der Waals surface area contributed by atoms with Crippen LogP contribution in [0.2, 0.25) is 0 Å². The smallest absolute Gasteiger partial charge is 0.0443 e. The summed E-state index contributed by atoms with van der Waals surface area (Å²) >= 11 is 0. The molecule has 0 heterocycles. The molecule has 2 nitrogen and oxygen atoms in total. The lowest BCUT2D eigenvalue weighted by molar-refractivity contribution is 0.697. The van der Waals surface area contributed by atoms with Crippen LogP contribution in [0.15, 0.2) is 17.3 Å². The first kappa shape index (κ1) is 9.08. The molecule has 0 bridgehead atoms. The van der Waals surface area contributed by atoms with Gasteiger partial charge in [-0.2, -0.15) is 0 Å². The Hall–Kier alpha value is -0.920. The fourth-order valence-electron chi connectivity index (χ4n) is 0.425. The zero-order valence-electron chi connectivity index (χ0n) is 6.54. The van der Waals surface area contributed by atoms with Crippen molar-refractivity contribution >= 4 is 12.4 Å². The lowest BCUT2D eigenvalue weighted by Gasteiger charge is -1.95. The lowest BCUT2D eigenvalue weighted by atomic mass is 10.1. The second-order valence-electron chi connectivity index (χ2n) is 2.19. The predicted octanol–water partition coefficient (Wildman–Crippen LogP) is 2.27. The Morgan fingerprint density at radius 2 is 2.30 bits per heavy atom. The van der Waals surface area contributed by atoms with Gasteiger partial charge in [0, 0.05) is 18.6 Å². The molecule has 1 N–H and O–H groups in total. The average molecular weight is 138 g/mol. The Morgan fingerprint density at radius 3 is 2.80 bits per heavy atom. The molecule has 0 saturated carbocycles. The molecule has 0 aromatic rings. The van der Waals surface area contributed by atoms with Gasteiger partial charge in [-0.3, -0.25) is 4.99 Å². The van der Waals surface area contributed by atoms with Gasteiger partial charge in [-0.05, 0) is 5.92 Å². The second kappa shape index (κ2) is 6.20. The molecule has 0 aromatic heterocycles. The summed E-state index contributed by atoms with van der Waals surface area (Å²) in [6.45, 7) is 4.27. The van der Waals surface area contributed by atoms with E-state index >= 15 is 0 Å². The van der Waals surface area contributed by atoms with Gasteiger partial charge >= 0.3 is 0 Å². The third-order valence-electron chi connectivity index (χ3n) is 1.31. The molecular weight excluding hydrogens is 124 g/mol. The van der Waals surface area contributed by atoms with E-state index < -0.39 is 0 Å². The number of rotatable bonds is 4. The zero-order valence-corrected chi connectivity index (χ0v) is 6.54. The summed E-state index contributed by atoms with van der Waals surface area (Å²) in [5, 5.41) is 6.63. The maximum absolute atomic E-state index is 6.63. The molecule has 0 saturated heterocycles. The predicted molar refractivity (Wildman–Crippen MR) is 45.9 cm³/mol. The van der Waals surface area contributed by atoms with E-state index in [2.05, 4.69) is 18.8 Å². The van der Waals surface area contributed by atoms with E-state index in [1.807, 2.05) is 6.08 Å². The number of hydrogen-bond donors (Lipinski definition) is 1. The van der Waals surface area contributed by atoms with Gasteiger partial charge in [-0.1, -0.05) is 26.3 Å². The third kappa shape index (κ3) is 5.22.